The van der Waals surface area contributed by atoms with E-state index in [0.717, 1.165) is 5.56 Å². The number of rotatable bonds is 3. The number of hydrogen-bond donors (Lipinski definition) is 0. The van der Waals surface area contributed by atoms with Gasteiger partial charge < -0.3 is 4.74 Å². The van der Waals surface area contributed by atoms with Gasteiger partial charge in [-0.05, 0) is 30.5 Å². The number of halogens is 3. The third-order valence-corrected chi connectivity index (χ3v) is 5.88. The first-order chi connectivity index (χ1) is 8.88. The van der Waals surface area contributed by atoms with E-state index in [0.29, 0.717) is 36.1 Å². The number of hydrogen-bond acceptors (Lipinski definition) is 3. The van der Waals surface area contributed by atoms with Crippen molar-refractivity contribution in [2.24, 2.45) is 5.92 Å². The molecule has 0 aromatic heterocycles. The van der Waals surface area contributed by atoms with Crippen LogP contribution < -0.4 is 0 Å². The van der Waals surface area contributed by atoms with Gasteiger partial charge in [-0.25, -0.2) is 8.42 Å². The molecule has 1 aromatic carbocycles. The van der Waals surface area contributed by atoms with Crippen LogP contribution in [0.1, 0.15) is 12.0 Å². The van der Waals surface area contributed by atoms with Crippen molar-refractivity contribution in [2.75, 3.05) is 13.2 Å². The molecule has 0 aliphatic carbocycles. The molecular weight excluding hydrogens is 331 g/mol. The van der Waals surface area contributed by atoms with Crippen molar-refractivity contribution in [3.05, 3.63) is 33.8 Å². The summed E-state index contributed by atoms with van der Waals surface area (Å²) in [7, 11) is 1.91. The third kappa shape index (κ3) is 3.99. The first kappa shape index (κ1) is 15.4. The average Bonchev–Trinajstić information content (AvgIpc) is 2.32. The molecule has 0 N–H and O–H groups in total. The Balaban J connectivity index is 2.20. The van der Waals surface area contributed by atoms with Gasteiger partial charge in [0.15, 0.2) is 0 Å². The largest absolute Gasteiger partial charge is 0.381 e. The second-order valence-electron chi connectivity index (χ2n) is 4.58. The molecule has 1 aliphatic heterocycles. The van der Waals surface area contributed by atoms with E-state index in [1.807, 2.05) is 0 Å². The molecule has 0 unspecified atom stereocenters. The van der Waals surface area contributed by atoms with E-state index in [1.165, 1.54) is 0 Å². The topological polar surface area (TPSA) is 43.4 Å². The molecule has 0 bridgehead atoms. The minimum absolute atomic E-state index is 0.185. The molecule has 1 fully saturated rings. The zero-order valence-corrected chi connectivity index (χ0v) is 13.1. The maximum absolute atomic E-state index is 11.6. The van der Waals surface area contributed by atoms with Crippen LogP contribution in [0.25, 0.3) is 0 Å². The Kier molecular flexibility index (Phi) is 5.01. The van der Waals surface area contributed by atoms with Crippen LogP contribution >= 0.6 is 33.9 Å². The maximum Gasteiger partial charge on any atom is 0.235 e. The van der Waals surface area contributed by atoms with Crippen molar-refractivity contribution in [1.29, 1.82) is 0 Å². The zero-order chi connectivity index (χ0) is 14.0. The van der Waals surface area contributed by atoms with Gasteiger partial charge in [-0.2, -0.15) is 0 Å². The number of ether oxygens (including phenoxy) is 1. The summed E-state index contributed by atoms with van der Waals surface area (Å²) in [5.74, 6) is -0.185. The van der Waals surface area contributed by atoms with E-state index in [-0.39, 0.29) is 5.92 Å². The fraction of sp³-hybridized carbons (Fsp3) is 0.500. The van der Waals surface area contributed by atoms with Gasteiger partial charge in [0.05, 0.1) is 11.9 Å². The lowest BCUT2D eigenvalue weighted by atomic mass is 9.93. The molecule has 1 saturated heterocycles. The van der Waals surface area contributed by atoms with Crippen LogP contribution in [0.4, 0.5) is 0 Å². The average molecular weight is 344 g/mol. The van der Waals surface area contributed by atoms with E-state index in [9.17, 15) is 8.42 Å². The standard InChI is InChI=1S/C12H13Cl3O3S/c13-10-2-1-8(11(14)6-10)5-9-7-18-4-3-12(9)19(15,16)17/h1-2,6,9,12H,3-5,7H2/t9-,12-/m1/s1. The van der Waals surface area contributed by atoms with Gasteiger partial charge in [0.1, 0.15) is 0 Å². The molecule has 2 rings (SSSR count). The predicted molar refractivity (Wildman–Crippen MR) is 77.7 cm³/mol. The van der Waals surface area contributed by atoms with Crippen molar-refractivity contribution in [1.82, 2.24) is 0 Å². The van der Waals surface area contributed by atoms with Crippen LogP contribution in [0.5, 0.6) is 0 Å². The lowest BCUT2D eigenvalue weighted by Gasteiger charge is -2.29. The smallest absolute Gasteiger partial charge is 0.235 e. The van der Waals surface area contributed by atoms with E-state index in [2.05, 4.69) is 0 Å². The van der Waals surface area contributed by atoms with Gasteiger partial charge in [-0.15, -0.1) is 0 Å². The monoisotopic (exact) mass is 342 g/mol. The Morgan fingerprint density at radius 3 is 2.68 bits per heavy atom. The van der Waals surface area contributed by atoms with Gasteiger partial charge in [-0.1, -0.05) is 29.3 Å². The molecule has 0 saturated carbocycles. The molecule has 1 aliphatic rings. The fourth-order valence-corrected chi connectivity index (χ4v) is 4.51. The molecule has 1 aromatic rings. The first-order valence-electron chi connectivity index (χ1n) is 5.83. The van der Waals surface area contributed by atoms with Crippen LogP contribution in [0, 0.1) is 5.92 Å². The van der Waals surface area contributed by atoms with Crippen LogP contribution in [0.15, 0.2) is 18.2 Å². The lowest BCUT2D eigenvalue weighted by molar-refractivity contribution is 0.0577. The Morgan fingerprint density at radius 1 is 1.32 bits per heavy atom. The fourth-order valence-electron chi connectivity index (χ4n) is 2.31. The van der Waals surface area contributed by atoms with E-state index < -0.39 is 14.3 Å². The molecular formula is C12H13Cl3O3S. The first-order valence-corrected chi connectivity index (χ1v) is 8.96. The van der Waals surface area contributed by atoms with Crippen molar-refractivity contribution in [2.45, 2.75) is 18.1 Å². The van der Waals surface area contributed by atoms with E-state index in [1.54, 1.807) is 18.2 Å². The second-order valence-corrected chi connectivity index (χ2v) is 8.27. The van der Waals surface area contributed by atoms with Crippen LogP contribution in [-0.4, -0.2) is 26.9 Å². The molecule has 0 radical (unpaired) electrons. The lowest BCUT2D eigenvalue weighted by Crippen LogP contribution is -2.37. The van der Waals surface area contributed by atoms with Crippen LogP contribution in [-0.2, 0) is 20.2 Å². The molecule has 7 heteroatoms. The maximum atomic E-state index is 11.6. The molecule has 106 valence electrons. The molecule has 0 amide bonds. The second kappa shape index (κ2) is 6.19. The normalized spacial score (nSPS) is 24.4. The summed E-state index contributed by atoms with van der Waals surface area (Å²) in [5, 5.41) is 0.494. The summed E-state index contributed by atoms with van der Waals surface area (Å²) in [4.78, 5) is 0. The highest BCUT2D eigenvalue weighted by atomic mass is 35.7. The Bertz CT molecular complexity index is 559. The van der Waals surface area contributed by atoms with Gasteiger partial charge in [0.2, 0.25) is 9.05 Å². The highest BCUT2D eigenvalue weighted by Gasteiger charge is 2.35. The van der Waals surface area contributed by atoms with Crippen molar-refractivity contribution in [3.8, 4) is 0 Å². The molecule has 0 spiro atoms. The molecule has 19 heavy (non-hydrogen) atoms. The van der Waals surface area contributed by atoms with Gasteiger partial charge in [0.25, 0.3) is 0 Å². The minimum Gasteiger partial charge on any atom is -0.381 e. The zero-order valence-electron chi connectivity index (χ0n) is 9.98. The van der Waals surface area contributed by atoms with Crippen molar-refractivity contribution in [3.63, 3.8) is 0 Å². The summed E-state index contributed by atoms with van der Waals surface area (Å²) < 4.78 is 28.5. The predicted octanol–water partition coefficient (Wildman–Crippen LogP) is 3.51. The number of benzene rings is 1. The Morgan fingerprint density at radius 2 is 2.05 bits per heavy atom. The summed E-state index contributed by atoms with van der Waals surface area (Å²) >= 11 is 11.9. The minimum atomic E-state index is -3.59. The van der Waals surface area contributed by atoms with Crippen LogP contribution in [0.2, 0.25) is 10.0 Å². The van der Waals surface area contributed by atoms with Gasteiger partial charge in [0, 0.05) is 33.3 Å². The highest BCUT2D eigenvalue weighted by Crippen LogP contribution is 2.30. The summed E-state index contributed by atoms with van der Waals surface area (Å²) in [5.41, 5.74) is 0.854. The molecule has 3 nitrogen and oxygen atoms in total. The summed E-state index contributed by atoms with van der Waals surface area (Å²) in [6, 6.07) is 5.18. The highest BCUT2D eigenvalue weighted by molar-refractivity contribution is 8.14. The van der Waals surface area contributed by atoms with Crippen molar-refractivity contribution < 1.29 is 13.2 Å². The Hall–Kier alpha value is -0.000000000000000111. The van der Waals surface area contributed by atoms with E-state index in [4.69, 9.17) is 38.6 Å². The van der Waals surface area contributed by atoms with Crippen molar-refractivity contribution >= 4 is 42.9 Å². The molecule has 1 heterocycles. The van der Waals surface area contributed by atoms with Crippen LogP contribution in [0.3, 0.4) is 0 Å². The summed E-state index contributed by atoms with van der Waals surface area (Å²) in [6.45, 7) is 0.789. The quantitative estimate of drug-likeness (QED) is 0.789. The van der Waals surface area contributed by atoms with E-state index >= 15 is 0 Å². The van der Waals surface area contributed by atoms with Gasteiger partial charge in [-0.3, -0.25) is 0 Å². The Labute approximate surface area is 127 Å². The third-order valence-electron chi connectivity index (χ3n) is 3.26. The SMILES string of the molecule is O=S(=O)(Cl)[C@@H]1CCOC[C@H]1Cc1ccc(Cl)cc1Cl. The molecule has 2 atom stereocenters. The van der Waals surface area contributed by atoms with Gasteiger partial charge >= 0.3 is 0 Å². The summed E-state index contributed by atoms with van der Waals surface area (Å²) in [6.07, 6.45) is 0.925.